The molecule has 0 saturated carbocycles. The second kappa shape index (κ2) is 10.4. The first kappa shape index (κ1) is 26.4. The molecule has 0 bridgehead atoms. The minimum absolute atomic E-state index is 0.155. The average Bonchev–Trinajstić information content (AvgIpc) is 3.33. The molecule has 0 atom stereocenters. The summed E-state index contributed by atoms with van der Waals surface area (Å²) in [4.78, 5) is 38.8. The second-order valence-electron chi connectivity index (χ2n) is 10.2. The molecule has 1 aromatic carbocycles. The van der Waals surface area contributed by atoms with Crippen molar-refractivity contribution in [2.24, 2.45) is 5.41 Å². The molecule has 36 heavy (non-hydrogen) atoms. The van der Waals surface area contributed by atoms with E-state index in [-0.39, 0.29) is 17.8 Å². The lowest BCUT2D eigenvalue weighted by Crippen LogP contribution is -2.49. The summed E-state index contributed by atoms with van der Waals surface area (Å²) in [5.41, 5.74) is -0.316. The summed E-state index contributed by atoms with van der Waals surface area (Å²) in [6.45, 7) is 8.44. The smallest absolute Gasteiger partial charge is 0.368 e. The number of hydrogen-bond acceptors (Lipinski definition) is 7. The number of aromatic nitrogens is 1. The van der Waals surface area contributed by atoms with Gasteiger partial charge >= 0.3 is 12.1 Å². The number of hydrogen-bond donors (Lipinski definition) is 0. The van der Waals surface area contributed by atoms with Crippen LogP contribution < -0.4 is 4.90 Å². The normalized spacial score (nSPS) is 18.4. The molecule has 1 aromatic heterocycles. The first-order valence-corrected chi connectivity index (χ1v) is 12.9. The summed E-state index contributed by atoms with van der Waals surface area (Å²) < 4.78 is 39.1. The van der Waals surface area contributed by atoms with Crippen molar-refractivity contribution in [3.05, 3.63) is 45.9 Å². The number of halogens is 3. The lowest BCUT2D eigenvalue weighted by Gasteiger charge is -2.36. The van der Waals surface area contributed by atoms with Gasteiger partial charge in [0.25, 0.3) is 5.91 Å². The van der Waals surface area contributed by atoms with Gasteiger partial charge in [0.05, 0.1) is 16.0 Å². The lowest BCUT2D eigenvalue weighted by molar-refractivity contribution is -0.204. The van der Waals surface area contributed by atoms with Crippen LogP contribution in [0.25, 0.3) is 0 Å². The maximum absolute atomic E-state index is 13.0. The van der Waals surface area contributed by atoms with Crippen molar-refractivity contribution in [3.8, 4) is 0 Å². The van der Waals surface area contributed by atoms with Crippen molar-refractivity contribution in [2.75, 3.05) is 44.2 Å². The van der Waals surface area contributed by atoms with Crippen LogP contribution in [0.5, 0.6) is 0 Å². The van der Waals surface area contributed by atoms with E-state index in [4.69, 9.17) is 4.84 Å². The Morgan fingerprint density at radius 3 is 2.31 bits per heavy atom. The molecule has 0 spiro atoms. The molecule has 0 unspecified atom stereocenters. The average molecular weight is 525 g/mol. The summed E-state index contributed by atoms with van der Waals surface area (Å²) in [5, 5.41) is 4.39. The van der Waals surface area contributed by atoms with Gasteiger partial charge in [-0.15, -0.1) is 16.4 Å². The molecule has 2 aromatic rings. The molecular formula is C25H31F3N4O3S. The Morgan fingerprint density at radius 2 is 1.69 bits per heavy atom. The Bertz CT molecular complexity index is 1080. The van der Waals surface area contributed by atoms with Gasteiger partial charge in [0.1, 0.15) is 5.69 Å². The molecule has 4 rings (SSSR count). The first-order chi connectivity index (χ1) is 16.9. The zero-order chi connectivity index (χ0) is 26.1. The molecular weight excluding hydrogens is 493 g/mol. The molecule has 0 aliphatic carbocycles. The largest absolute Gasteiger partial charge is 0.416 e. The van der Waals surface area contributed by atoms with E-state index in [9.17, 15) is 22.8 Å². The number of alkyl halides is 3. The SMILES string of the molecule is CC(C)(C)C(=O)ON1CCC(c2nc(C(=O)N3CCN(c4cccc(C(F)(F)F)c4)CC3)cs2)CC1. The fourth-order valence-corrected chi connectivity index (χ4v) is 5.20. The van der Waals surface area contributed by atoms with Gasteiger partial charge < -0.3 is 14.6 Å². The number of carbonyl (C=O) groups excluding carboxylic acids is 2. The Morgan fingerprint density at radius 1 is 1.03 bits per heavy atom. The first-order valence-electron chi connectivity index (χ1n) is 12.1. The highest BCUT2D eigenvalue weighted by atomic mass is 32.1. The number of anilines is 1. The number of rotatable bonds is 4. The van der Waals surface area contributed by atoms with Gasteiger partial charge in [-0.25, -0.2) is 9.78 Å². The monoisotopic (exact) mass is 524 g/mol. The summed E-state index contributed by atoms with van der Waals surface area (Å²) in [6.07, 6.45) is -2.81. The summed E-state index contributed by atoms with van der Waals surface area (Å²) in [5.74, 6) is -0.201. The molecule has 2 saturated heterocycles. The molecule has 196 valence electrons. The van der Waals surface area contributed by atoms with Crippen molar-refractivity contribution < 1.29 is 27.6 Å². The fraction of sp³-hybridized carbons (Fsp3) is 0.560. The number of hydroxylamine groups is 2. The molecule has 11 heteroatoms. The lowest BCUT2D eigenvalue weighted by atomic mass is 9.97. The number of benzene rings is 1. The minimum Gasteiger partial charge on any atom is -0.368 e. The van der Waals surface area contributed by atoms with Crippen molar-refractivity contribution in [1.82, 2.24) is 14.9 Å². The Labute approximate surface area is 212 Å². The predicted molar refractivity (Wildman–Crippen MR) is 131 cm³/mol. The number of nitrogens with zero attached hydrogens (tertiary/aromatic N) is 4. The van der Waals surface area contributed by atoms with E-state index in [2.05, 4.69) is 4.98 Å². The molecule has 1 amide bonds. The molecule has 2 fully saturated rings. The number of thiazole rings is 1. The highest BCUT2D eigenvalue weighted by Gasteiger charge is 2.32. The Kier molecular flexibility index (Phi) is 7.61. The Balaban J connectivity index is 1.29. The standard InChI is InChI=1S/C25H31F3N4O3S/c1-24(2,3)23(34)35-32-9-7-17(8-10-32)21-29-20(16-36-21)22(33)31-13-11-30(12-14-31)19-6-4-5-18(15-19)25(26,27)28/h4-6,15-17H,7-14H2,1-3H3. The molecule has 0 radical (unpaired) electrons. The van der Waals surface area contributed by atoms with Gasteiger partial charge in [-0.3, -0.25) is 4.79 Å². The van der Waals surface area contributed by atoms with Crippen LogP contribution in [-0.4, -0.2) is 66.1 Å². The predicted octanol–water partition coefficient (Wildman–Crippen LogP) is 4.81. The van der Waals surface area contributed by atoms with Crippen molar-refractivity contribution in [3.63, 3.8) is 0 Å². The molecule has 2 aliphatic heterocycles. The van der Waals surface area contributed by atoms with Crippen LogP contribution in [0.1, 0.15) is 60.6 Å². The van der Waals surface area contributed by atoms with Crippen LogP contribution in [0.2, 0.25) is 0 Å². The minimum atomic E-state index is -4.39. The topological polar surface area (TPSA) is 66.0 Å². The van der Waals surface area contributed by atoms with Crippen molar-refractivity contribution in [1.29, 1.82) is 0 Å². The Hall–Kier alpha value is -2.66. The van der Waals surface area contributed by atoms with Gasteiger partial charge in [-0.1, -0.05) is 6.07 Å². The number of carbonyl (C=O) groups is 2. The zero-order valence-corrected chi connectivity index (χ0v) is 21.5. The second-order valence-corrected chi connectivity index (χ2v) is 11.1. The van der Waals surface area contributed by atoms with Crippen LogP contribution in [-0.2, 0) is 15.8 Å². The van der Waals surface area contributed by atoms with Crippen LogP contribution in [0.4, 0.5) is 18.9 Å². The van der Waals surface area contributed by atoms with E-state index in [1.54, 1.807) is 21.4 Å². The fourth-order valence-electron chi connectivity index (χ4n) is 4.23. The highest BCUT2D eigenvalue weighted by molar-refractivity contribution is 7.09. The van der Waals surface area contributed by atoms with Gasteiger partial charge in [-0.05, 0) is 51.8 Å². The van der Waals surface area contributed by atoms with E-state index in [0.29, 0.717) is 50.6 Å². The van der Waals surface area contributed by atoms with E-state index in [0.717, 1.165) is 30.0 Å². The van der Waals surface area contributed by atoms with E-state index >= 15 is 0 Å². The van der Waals surface area contributed by atoms with Gasteiger partial charge in [-0.2, -0.15) is 13.2 Å². The van der Waals surface area contributed by atoms with Gasteiger partial charge in [0.15, 0.2) is 0 Å². The molecule has 3 heterocycles. The number of amides is 1. The van der Waals surface area contributed by atoms with E-state index < -0.39 is 17.2 Å². The quantitative estimate of drug-likeness (QED) is 0.572. The number of piperidine rings is 1. The zero-order valence-electron chi connectivity index (χ0n) is 20.7. The van der Waals surface area contributed by atoms with E-state index in [1.807, 2.05) is 25.7 Å². The summed E-state index contributed by atoms with van der Waals surface area (Å²) in [7, 11) is 0. The summed E-state index contributed by atoms with van der Waals surface area (Å²) in [6, 6.07) is 5.28. The molecule has 7 nitrogen and oxygen atoms in total. The third kappa shape index (κ3) is 6.18. The van der Waals surface area contributed by atoms with Crippen LogP contribution in [0.3, 0.4) is 0 Å². The van der Waals surface area contributed by atoms with Crippen molar-refractivity contribution >= 4 is 28.9 Å². The maximum atomic E-state index is 13.0. The van der Waals surface area contributed by atoms with Gasteiger partial charge in [0, 0.05) is 56.3 Å². The molecule has 2 aliphatic rings. The number of piperazine rings is 1. The van der Waals surface area contributed by atoms with Crippen LogP contribution in [0, 0.1) is 5.41 Å². The highest BCUT2D eigenvalue weighted by Crippen LogP contribution is 2.33. The third-order valence-corrected chi connectivity index (χ3v) is 7.48. The van der Waals surface area contributed by atoms with Crippen molar-refractivity contribution in [2.45, 2.75) is 45.7 Å². The van der Waals surface area contributed by atoms with Crippen LogP contribution in [0.15, 0.2) is 29.6 Å². The third-order valence-electron chi connectivity index (χ3n) is 6.47. The van der Waals surface area contributed by atoms with E-state index in [1.165, 1.54) is 17.4 Å². The summed E-state index contributed by atoms with van der Waals surface area (Å²) >= 11 is 1.47. The maximum Gasteiger partial charge on any atom is 0.416 e. The molecule has 0 N–H and O–H groups in total. The van der Waals surface area contributed by atoms with Gasteiger partial charge in [0.2, 0.25) is 0 Å². The van der Waals surface area contributed by atoms with Crippen LogP contribution >= 0.6 is 11.3 Å².